The van der Waals surface area contributed by atoms with Crippen LogP contribution in [-0.4, -0.2) is 37.2 Å². The number of carbonyl (C=O) groups excluding carboxylic acids is 1. The normalized spacial score (nSPS) is 14.5. The molecule has 6 nitrogen and oxygen atoms in total. The lowest BCUT2D eigenvalue weighted by atomic mass is 10.1. The Hall–Kier alpha value is -2.99. The number of aryl methyl sites for hydroxylation is 1. The van der Waals surface area contributed by atoms with Crippen molar-refractivity contribution in [3.05, 3.63) is 83.4 Å². The molecule has 1 unspecified atom stereocenters. The zero-order valence-electron chi connectivity index (χ0n) is 15.7. The molecule has 1 N–H and O–H groups in total. The lowest BCUT2D eigenvalue weighted by molar-refractivity contribution is -0.132. The first-order chi connectivity index (χ1) is 13.7. The number of carbonyl (C=O) groups is 1. The minimum absolute atomic E-state index is 0.141. The molecule has 0 fully saturated rings. The maximum Gasteiger partial charge on any atom is 0.223 e. The number of aromatic nitrogens is 3. The van der Waals surface area contributed by atoms with E-state index >= 15 is 0 Å². The number of amides is 1. The van der Waals surface area contributed by atoms with E-state index in [1.165, 1.54) is 0 Å². The molecule has 1 amide bonds. The third-order valence-corrected chi connectivity index (χ3v) is 5.13. The monoisotopic (exact) mass is 376 g/mol. The first-order valence-electron chi connectivity index (χ1n) is 9.64. The van der Waals surface area contributed by atoms with Crippen molar-refractivity contribution in [3.8, 4) is 0 Å². The number of aliphatic hydroxyl groups is 1. The van der Waals surface area contributed by atoms with Gasteiger partial charge in [0.25, 0.3) is 0 Å². The van der Waals surface area contributed by atoms with Gasteiger partial charge in [0.2, 0.25) is 5.91 Å². The summed E-state index contributed by atoms with van der Waals surface area (Å²) in [6.45, 7) is 1.84. The fourth-order valence-electron chi connectivity index (χ4n) is 3.56. The van der Waals surface area contributed by atoms with E-state index in [9.17, 15) is 9.90 Å². The van der Waals surface area contributed by atoms with Gasteiger partial charge in [0.1, 0.15) is 6.10 Å². The summed E-state index contributed by atoms with van der Waals surface area (Å²) in [5.74, 6) is 0.141. The molecule has 4 rings (SSSR count). The molecule has 0 saturated heterocycles. The van der Waals surface area contributed by atoms with Crippen LogP contribution in [0.2, 0.25) is 0 Å². The van der Waals surface area contributed by atoms with Crippen molar-refractivity contribution < 1.29 is 9.90 Å². The molecule has 28 heavy (non-hydrogen) atoms. The fraction of sp³-hybridized carbons (Fsp3) is 0.318. The van der Waals surface area contributed by atoms with Crippen molar-refractivity contribution in [1.29, 1.82) is 0 Å². The van der Waals surface area contributed by atoms with Gasteiger partial charge in [-0.1, -0.05) is 36.4 Å². The third kappa shape index (κ3) is 4.28. The number of hydrogen-bond donors (Lipinski definition) is 1. The molecular formula is C22H24N4O2. The summed E-state index contributed by atoms with van der Waals surface area (Å²) in [5, 5.41) is 15.1. The number of aliphatic hydroxyl groups excluding tert-OH is 1. The summed E-state index contributed by atoms with van der Waals surface area (Å²) in [5.41, 5.74) is 3.80. The van der Waals surface area contributed by atoms with Crippen LogP contribution in [-0.2, 0) is 30.7 Å². The van der Waals surface area contributed by atoms with E-state index in [4.69, 9.17) is 0 Å². The van der Waals surface area contributed by atoms with Gasteiger partial charge in [-0.2, -0.15) is 5.10 Å². The van der Waals surface area contributed by atoms with E-state index in [1.54, 1.807) is 12.4 Å². The average Bonchev–Trinajstić information content (AvgIpc) is 3.17. The summed E-state index contributed by atoms with van der Waals surface area (Å²) in [7, 11) is 0. The Morgan fingerprint density at radius 1 is 1.11 bits per heavy atom. The third-order valence-electron chi connectivity index (χ3n) is 5.13. The second kappa shape index (κ2) is 8.35. The summed E-state index contributed by atoms with van der Waals surface area (Å²) < 4.78 is 1.91. The van der Waals surface area contributed by atoms with E-state index in [-0.39, 0.29) is 5.91 Å². The van der Waals surface area contributed by atoms with E-state index in [0.717, 1.165) is 16.8 Å². The summed E-state index contributed by atoms with van der Waals surface area (Å²) >= 11 is 0. The zero-order valence-corrected chi connectivity index (χ0v) is 15.7. The highest BCUT2D eigenvalue weighted by molar-refractivity contribution is 5.76. The SMILES string of the molecule is O=C(CCc1cccnc1)N1CCn2nc(C(O)Cc3ccccc3)cc2C1. The molecule has 0 spiro atoms. The van der Waals surface area contributed by atoms with Crippen molar-refractivity contribution in [2.45, 2.75) is 38.5 Å². The minimum atomic E-state index is -0.643. The maximum absolute atomic E-state index is 12.6. The number of nitrogens with zero attached hydrogens (tertiary/aromatic N) is 4. The van der Waals surface area contributed by atoms with E-state index in [2.05, 4.69) is 10.1 Å². The van der Waals surface area contributed by atoms with Crippen LogP contribution in [0.15, 0.2) is 60.9 Å². The first-order valence-corrected chi connectivity index (χ1v) is 9.64. The van der Waals surface area contributed by atoms with E-state index in [0.29, 0.717) is 44.6 Å². The Kier molecular flexibility index (Phi) is 5.48. The van der Waals surface area contributed by atoms with Crippen molar-refractivity contribution in [3.63, 3.8) is 0 Å². The van der Waals surface area contributed by atoms with Gasteiger partial charge in [-0.3, -0.25) is 14.5 Å². The molecule has 0 saturated carbocycles. The molecule has 0 radical (unpaired) electrons. The van der Waals surface area contributed by atoms with E-state index in [1.807, 2.05) is 58.1 Å². The lowest BCUT2D eigenvalue weighted by Crippen LogP contribution is -2.38. The molecule has 6 heteroatoms. The van der Waals surface area contributed by atoms with Gasteiger partial charge in [-0.05, 0) is 29.7 Å². The molecule has 1 aromatic carbocycles. The smallest absolute Gasteiger partial charge is 0.223 e. The number of benzene rings is 1. The number of rotatable bonds is 6. The van der Waals surface area contributed by atoms with Crippen LogP contribution in [0.4, 0.5) is 0 Å². The van der Waals surface area contributed by atoms with Crippen molar-refractivity contribution >= 4 is 5.91 Å². The van der Waals surface area contributed by atoms with Gasteiger partial charge in [-0.25, -0.2) is 0 Å². The van der Waals surface area contributed by atoms with Gasteiger partial charge < -0.3 is 10.0 Å². The predicted molar refractivity (Wildman–Crippen MR) is 105 cm³/mol. The Morgan fingerprint density at radius 2 is 1.93 bits per heavy atom. The summed E-state index contributed by atoms with van der Waals surface area (Å²) in [6.07, 6.45) is 4.60. The highest BCUT2D eigenvalue weighted by atomic mass is 16.3. The van der Waals surface area contributed by atoms with Crippen molar-refractivity contribution in [2.75, 3.05) is 6.54 Å². The molecule has 1 aliphatic heterocycles. The zero-order chi connectivity index (χ0) is 19.3. The Bertz CT molecular complexity index is 924. The topological polar surface area (TPSA) is 71.2 Å². The van der Waals surface area contributed by atoms with Crippen LogP contribution in [0.5, 0.6) is 0 Å². The summed E-state index contributed by atoms with van der Waals surface area (Å²) in [6, 6.07) is 15.7. The van der Waals surface area contributed by atoms with Crippen molar-refractivity contribution in [2.24, 2.45) is 0 Å². The van der Waals surface area contributed by atoms with Gasteiger partial charge in [-0.15, -0.1) is 0 Å². The molecule has 1 atom stereocenters. The second-order valence-electron chi connectivity index (χ2n) is 7.17. The van der Waals surface area contributed by atoms with Crippen LogP contribution in [0, 0.1) is 0 Å². The van der Waals surface area contributed by atoms with Gasteiger partial charge in [0.15, 0.2) is 0 Å². The largest absolute Gasteiger partial charge is 0.386 e. The number of pyridine rings is 1. The number of fused-ring (bicyclic) bond motifs is 1. The molecule has 0 aliphatic carbocycles. The average molecular weight is 376 g/mol. The molecule has 3 heterocycles. The minimum Gasteiger partial charge on any atom is -0.386 e. The Balaban J connectivity index is 1.36. The predicted octanol–water partition coefficient (Wildman–Crippen LogP) is 2.53. The molecule has 0 bridgehead atoms. The van der Waals surface area contributed by atoms with Crippen LogP contribution >= 0.6 is 0 Å². The highest BCUT2D eigenvalue weighted by Gasteiger charge is 2.24. The Morgan fingerprint density at radius 3 is 2.71 bits per heavy atom. The molecule has 3 aromatic rings. The first kappa shape index (κ1) is 18.4. The highest BCUT2D eigenvalue weighted by Crippen LogP contribution is 2.21. The van der Waals surface area contributed by atoms with Gasteiger partial charge in [0, 0.05) is 31.8 Å². The van der Waals surface area contributed by atoms with Crippen molar-refractivity contribution in [1.82, 2.24) is 19.7 Å². The van der Waals surface area contributed by atoms with Crippen LogP contribution in [0.1, 0.15) is 35.0 Å². The molecule has 144 valence electrons. The number of hydrogen-bond acceptors (Lipinski definition) is 4. The van der Waals surface area contributed by atoms with Gasteiger partial charge in [0.05, 0.1) is 24.5 Å². The maximum atomic E-state index is 12.6. The van der Waals surface area contributed by atoms with E-state index < -0.39 is 6.10 Å². The quantitative estimate of drug-likeness (QED) is 0.718. The van der Waals surface area contributed by atoms with Crippen LogP contribution in [0.3, 0.4) is 0 Å². The van der Waals surface area contributed by atoms with Crippen LogP contribution < -0.4 is 0 Å². The van der Waals surface area contributed by atoms with Crippen LogP contribution in [0.25, 0.3) is 0 Å². The molecule has 1 aliphatic rings. The Labute approximate surface area is 164 Å². The molecular weight excluding hydrogens is 352 g/mol. The summed E-state index contributed by atoms with van der Waals surface area (Å²) in [4.78, 5) is 18.6. The second-order valence-corrected chi connectivity index (χ2v) is 7.17. The standard InChI is InChI=1S/C22H24N4O2/c27-21(13-17-5-2-1-3-6-17)20-14-19-16-25(11-12-26(19)24-20)22(28)9-8-18-7-4-10-23-15-18/h1-7,10,14-15,21,27H,8-9,11-13,16H2. The van der Waals surface area contributed by atoms with Gasteiger partial charge >= 0.3 is 0 Å². The lowest BCUT2D eigenvalue weighted by Gasteiger charge is -2.27. The fourth-order valence-corrected chi connectivity index (χ4v) is 3.56. The molecule has 2 aromatic heterocycles.